The van der Waals surface area contributed by atoms with Crippen molar-refractivity contribution >= 4 is 15.9 Å². The number of hydrogen-bond acceptors (Lipinski definition) is 5. The normalized spacial score (nSPS) is 17.6. The summed E-state index contributed by atoms with van der Waals surface area (Å²) in [6.45, 7) is 1.95. The summed E-state index contributed by atoms with van der Waals surface area (Å²) >= 11 is 0. The molecule has 0 radical (unpaired) electrons. The molecule has 1 heterocycles. The standard InChI is InChI=1S/C21H25FN2O5S/c1-14(23-30(26,27)20-9-5-4-7-17(20)22)21(25)24-12-6-8-18(24)16-11-10-15(28-2)13-19(16)29-3/h4-5,7,9-11,13-14,18,23H,6,8,12H2,1-3H3/t14-,18+/m0/s1. The molecule has 9 heteroatoms. The third kappa shape index (κ3) is 4.41. The summed E-state index contributed by atoms with van der Waals surface area (Å²) in [5.74, 6) is -0.0157. The molecule has 2 aromatic carbocycles. The first-order valence-electron chi connectivity index (χ1n) is 9.57. The topological polar surface area (TPSA) is 84.9 Å². The van der Waals surface area contributed by atoms with Crippen LogP contribution in [0.5, 0.6) is 11.5 Å². The molecule has 1 aliphatic rings. The van der Waals surface area contributed by atoms with Crippen molar-refractivity contribution in [3.05, 3.63) is 53.8 Å². The summed E-state index contributed by atoms with van der Waals surface area (Å²) in [5.41, 5.74) is 0.827. The third-order valence-corrected chi connectivity index (χ3v) is 6.74. The van der Waals surface area contributed by atoms with Gasteiger partial charge >= 0.3 is 0 Å². The Morgan fingerprint density at radius 2 is 1.93 bits per heavy atom. The number of rotatable bonds is 7. The minimum absolute atomic E-state index is 0.251. The van der Waals surface area contributed by atoms with Gasteiger partial charge in [-0.1, -0.05) is 12.1 Å². The number of halogens is 1. The van der Waals surface area contributed by atoms with Gasteiger partial charge in [0.05, 0.1) is 26.3 Å². The van der Waals surface area contributed by atoms with Crippen molar-refractivity contribution in [2.45, 2.75) is 36.7 Å². The van der Waals surface area contributed by atoms with Crippen molar-refractivity contribution < 1.29 is 27.1 Å². The van der Waals surface area contributed by atoms with Gasteiger partial charge in [0.2, 0.25) is 15.9 Å². The molecule has 1 amide bonds. The van der Waals surface area contributed by atoms with E-state index >= 15 is 0 Å². The maximum Gasteiger partial charge on any atom is 0.244 e. The van der Waals surface area contributed by atoms with Crippen LogP contribution in [-0.2, 0) is 14.8 Å². The molecular weight excluding hydrogens is 411 g/mol. The van der Waals surface area contributed by atoms with E-state index in [1.807, 2.05) is 6.07 Å². The zero-order valence-electron chi connectivity index (χ0n) is 17.1. The highest BCUT2D eigenvalue weighted by atomic mass is 32.2. The van der Waals surface area contributed by atoms with Crippen LogP contribution in [0.2, 0.25) is 0 Å². The quantitative estimate of drug-likeness (QED) is 0.722. The molecule has 0 aromatic heterocycles. The van der Waals surface area contributed by atoms with E-state index in [1.165, 1.54) is 19.1 Å². The van der Waals surface area contributed by atoms with Gasteiger partial charge in [0.1, 0.15) is 22.2 Å². The van der Waals surface area contributed by atoms with Crippen LogP contribution in [0.3, 0.4) is 0 Å². The summed E-state index contributed by atoms with van der Waals surface area (Å²) in [5, 5.41) is 0. The molecule has 0 spiro atoms. The first-order valence-corrected chi connectivity index (χ1v) is 11.1. The fourth-order valence-electron chi connectivity index (χ4n) is 3.71. The van der Waals surface area contributed by atoms with Crippen LogP contribution >= 0.6 is 0 Å². The average molecular weight is 437 g/mol. The van der Waals surface area contributed by atoms with Crippen LogP contribution in [0.25, 0.3) is 0 Å². The smallest absolute Gasteiger partial charge is 0.244 e. The Kier molecular flexibility index (Phi) is 6.62. The van der Waals surface area contributed by atoms with Crippen LogP contribution in [0.15, 0.2) is 47.4 Å². The van der Waals surface area contributed by atoms with E-state index in [1.54, 1.807) is 31.3 Å². The van der Waals surface area contributed by atoms with E-state index < -0.39 is 26.8 Å². The molecule has 0 unspecified atom stereocenters. The summed E-state index contributed by atoms with van der Waals surface area (Å²) in [6.07, 6.45) is 1.50. The Bertz CT molecular complexity index is 1030. The molecule has 0 saturated carbocycles. The third-order valence-electron chi connectivity index (χ3n) is 5.16. The predicted octanol–water partition coefficient (Wildman–Crippen LogP) is 2.87. The Morgan fingerprint density at radius 1 is 1.20 bits per heavy atom. The summed E-state index contributed by atoms with van der Waals surface area (Å²) < 4.78 is 52.0. The van der Waals surface area contributed by atoms with Gasteiger partial charge in [-0.05, 0) is 44.0 Å². The molecular formula is C21H25FN2O5S. The molecule has 7 nitrogen and oxygen atoms in total. The second-order valence-electron chi connectivity index (χ2n) is 7.07. The fraction of sp³-hybridized carbons (Fsp3) is 0.381. The van der Waals surface area contributed by atoms with Gasteiger partial charge in [-0.2, -0.15) is 4.72 Å². The minimum atomic E-state index is -4.18. The maximum atomic E-state index is 13.9. The molecule has 0 bridgehead atoms. The van der Waals surface area contributed by atoms with Crippen LogP contribution in [0.4, 0.5) is 4.39 Å². The van der Waals surface area contributed by atoms with Gasteiger partial charge in [-0.25, -0.2) is 12.8 Å². The van der Waals surface area contributed by atoms with Gasteiger partial charge in [0.25, 0.3) is 0 Å². The average Bonchev–Trinajstić information content (AvgIpc) is 3.22. The molecule has 2 atom stereocenters. The Hall–Kier alpha value is -2.65. The number of nitrogens with one attached hydrogen (secondary N) is 1. The van der Waals surface area contributed by atoms with Crippen LogP contribution in [-0.4, -0.2) is 46.0 Å². The molecule has 1 N–H and O–H groups in total. The number of benzene rings is 2. The Morgan fingerprint density at radius 3 is 2.60 bits per heavy atom. The van der Waals surface area contributed by atoms with Gasteiger partial charge in [-0.15, -0.1) is 0 Å². The highest BCUT2D eigenvalue weighted by Gasteiger charge is 2.35. The van der Waals surface area contributed by atoms with Crippen molar-refractivity contribution in [2.24, 2.45) is 0 Å². The number of amides is 1. The lowest BCUT2D eigenvalue weighted by Gasteiger charge is -2.29. The van der Waals surface area contributed by atoms with Crippen LogP contribution in [0, 0.1) is 5.82 Å². The highest BCUT2D eigenvalue weighted by Crippen LogP contribution is 2.39. The van der Waals surface area contributed by atoms with Crippen molar-refractivity contribution in [3.63, 3.8) is 0 Å². The number of ether oxygens (including phenoxy) is 2. The fourth-order valence-corrected chi connectivity index (χ4v) is 4.98. The van der Waals surface area contributed by atoms with E-state index in [0.717, 1.165) is 30.5 Å². The number of carbonyl (C=O) groups is 1. The number of sulfonamides is 1. The predicted molar refractivity (Wildman–Crippen MR) is 109 cm³/mol. The SMILES string of the molecule is COc1ccc([C@H]2CCCN2C(=O)[C@H](C)NS(=O)(=O)c2ccccc2F)c(OC)c1. The molecule has 2 aromatic rings. The zero-order chi connectivity index (χ0) is 21.9. The van der Waals surface area contributed by atoms with Crippen LogP contribution < -0.4 is 14.2 Å². The molecule has 1 saturated heterocycles. The van der Waals surface area contributed by atoms with Crippen LogP contribution in [0.1, 0.15) is 31.4 Å². The first kappa shape index (κ1) is 22.0. The molecule has 162 valence electrons. The van der Waals surface area contributed by atoms with Crippen molar-refractivity contribution in [1.82, 2.24) is 9.62 Å². The second-order valence-corrected chi connectivity index (χ2v) is 8.75. The lowest BCUT2D eigenvalue weighted by Crippen LogP contribution is -2.46. The summed E-state index contributed by atoms with van der Waals surface area (Å²) in [4.78, 5) is 14.2. The van der Waals surface area contributed by atoms with E-state index in [0.29, 0.717) is 18.0 Å². The van der Waals surface area contributed by atoms with Gasteiger partial charge in [-0.3, -0.25) is 4.79 Å². The maximum absolute atomic E-state index is 13.9. The Balaban J connectivity index is 1.81. The summed E-state index contributed by atoms with van der Waals surface area (Å²) in [6, 6.07) is 9.14. The number of hydrogen-bond donors (Lipinski definition) is 1. The lowest BCUT2D eigenvalue weighted by atomic mass is 10.0. The van der Waals surface area contributed by atoms with E-state index in [9.17, 15) is 17.6 Å². The van der Waals surface area contributed by atoms with E-state index in [2.05, 4.69) is 4.72 Å². The van der Waals surface area contributed by atoms with Gasteiger partial charge in [0.15, 0.2) is 0 Å². The Labute approximate surface area is 175 Å². The van der Waals surface area contributed by atoms with Gasteiger partial charge in [0, 0.05) is 18.2 Å². The number of likely N-dealkylation sites (tertiary alicyclic amines) is 1. The minimum Gasteiger partial charge on any atom is -0.497 e. The zero-order valence-corrected chi connectivity index (χ0v) is 17.9. The molecule has 3 rings (SSSR count). The van der Waals surface area contributed by atoms with E-state index in [-0.39, 0.29) is 11.9 Å². The number of nitrogens with zero attached hydrogens (tertiary/aromatic N) is 1. The molecule has 30 heavy (non-hydrogen) atoms. The molecule has 1 fully saturated rings. The first-order chi connectivity index (χ1) is 14.3. The molecule has 0 aliphatic carbocycles. The van der Waals surface area contributed by atoms with Crippen molar-refractivity contribution in [1.29, 1.82) is 0 Å². The van der Waals surface area contributed by atoms with Crippen molar-refractivity contribution in [2.75, 3.05) is 20.8 Å². The van der Waals surface area contributed by atoms with Crippen molar-refractivity contribution in [3.8, 4) is 11.5 Å². The monoisotopic (exact) mass is 436 g/mol. The lowest BCUT2D eigenvalue weighted by molar-refractivity contribution is -0.133. The number of methoxy groups -OCH3 is 2. The van der Waals surface area contributed by atoms with Gasteiger partial charge < -0.3 is 14.4 Å². The highest BCUT2D eigenvalue weighted by molar-refractivity contribution is 7.89. The molecule has 1 aliphatic heterocycles. The van der Waals surface area contributed by atoms with E-state index in [4.69, 9.17) is 9.47 Å². The summed E-state index contributed by atoms with van der Waals surface area (Å²) in [7, 11) is -1.08. The number of carbonyl (C=O) groups excluding carboxylic acids is 1. The largest absolute Gasteiger partial charge is 0.497 e. The second kappa shape index (κ2) is 9.01.